The predicted molar refractivity (Wildman–Crippen MR) is 58.7 cm³/mol. The van der Waals surface area contributed by atoms with E-state index in [0.717, 1.165) is 6.42 Å². The fraction of sp³-hybridized carbons (Fsp3) is 0.700. The Kier molecular flexibility index (Phi) is 5.09. The lowest BCUT2D eigenvalue weighted by Gasteiger charge is -2.20. The van der Waals surface area contributed by atoms with Gasteiger partial charge in [0.2, 0.25) is 5.91 Å². The summed E-state index contributed by atoms with van der Waals surface area (Å²) in [7, 11) is 0. The van der Waals surface area contributed by atoms with Crippen LogP contribution in [-0.2, 0) is 4.79 Å². The molecule has 0 radical (unpaired) electrons. The molecular formula is C10H16BrNO. The Labute approximate surface area is 88.6 Å². The molecule has 2 nitrogen and oxygen atoms in total. The number of carbonyl (C=O) groups excluding carboxylic acids is 1. The molecular weight excluding hydrogens is 230 g/mol. The summed E-state index contributed by atoms with van der Waals surface area (Å²) in [6.07, 6.45) is 6.63. The van der Waals surface area contributed by atoms with Crippen molar-refractivity contribution in [3.63, 3.8) is 0 Å². The molecule has 13 heavy (non-hydrogen) atoms. The second-order valence-corrected chi connectivity index (χ2v) is 5.44. The van der Waals surface area contributed by atoms with Gasteiger partial charge in [-0.1, -0.05) is 22.9 Å². The van der Waals surface area contributed by atoms with Crippen LogP contribution in [0.4, 0.5) is 0 Å². The van der Waals surface area contributed by atoms with Crippen molar-refractivity contribution in [1.82, 2.24) is 5.32 Å². The zero-order valence-electron chi connectivity index (χ0n) is 8.36. The fourth-order valence-electron chi connectivity index (χ4n) is 0.797. The molecule has 0 aliphatic heterocycles. The standard InChI is InChI=1S/C10H16BrNO/c1-5-7-8(6-2)12-9(13)10(3,4)11/h1,8H,6-7H2,2-4H3,(H,12,13). The molecule has 0 aromatic heterocycles. The largest absolute Gasteiger partial charge is 0.351 e. The zero-order valence-corrected chi connectivity index (χ0v) is 9.94. The van der Waals surface area contributed by atoms with Crippen LogP contribution in [0.25, 0.3) is 0 Å². The number of hydrogen-bond donors (Lipinski definition) is 1. The van der Waals surface area contributed by atoms with Crippen LogP contribution in [0.1, 0.15) is 33.6 Å². The first-order chi connectivity index (χ1) is 5.91. The molecule has 0 rings (SSSR count). The Morgan fingerprint density at radius 2 is 2.23 bits per heavy atom. The van der Waals surface area contributed by atoms with Crippen LogP contribution in [0.2, 0.25) is 0 Å². The molecule has 0 aliphatic rings. The molecule has 0 fully saturated rings. The van der Waals surface area contributed by atoms with Gasteiger partial charge in [-0.3, -0.25) is 4.79 Å². The first-order valence-corrected chi connectivity index (χ1v) is 5.14. The number of hydrogen-bond acceptors (Lipinski definition) is 1. The van der Waals surface area contributed by atoms with Crippen LogP contribution in [0, 0.1) is 12.3 Å². The Balaban J connectivity index is 4.11. The van der Waals surface area contributed by atoms with Crippen molar-refractivity contribution in [3.8, 4) is 12.3 Å². The lowest BCUT2D eigenvalue weighted by atomic mass is 10.1. The van der Waals surface area contributed by atoms with Crippen LogP contribution in [0.5, 0.6) is 0 Å². The maximum atomic E-state index is 11.5. The van der Waals surface area contributed by atoms with Gasteiger partial charge >= 0.3 is 0 Å². The molecule has 0 bridgehead atoms. The summed E-state index contributed by atoms with van der Waals surface area (Å²) >= 11 is 3.29. The Morgan fingerprint density at radius 1 is 1.69 bits per heavy atom. The molecule has 3 heteroatoms. The topological polar surface area (TPSA) is 29.1 Å². The molecule has 1 atom stereocenters. The highest BCUT2D eigenvalue weighted by Crippen LogP contribution is 2.16. The molecule has 0 saturated heterocycles. The van der Waals surface area contributed by atoms with Gasteiger partial charge < -0.3 is 5.32 Å². The average molecular weight is 246 g/mol. The number of halogens is 1. The van der Waals surface area contributed by atoms with E-state index in [1.807, 2.05) is 20.8 Å². The van der Waals surface area contributed by atoms with Crippen LogP contribution in [-0.4, -0.2) is 16.3 Å². The minimum atomic E-state index is -0.519. The minimum Gasteiger partial charge on any atom is -0.351 e. The van der Waals surface area contributed by atoms with Crippen molar-refractivity contribution in [3.05, 3.63) is 0 Å². The molecule has 0 saturated carbocycles. The summed E-state index contributed by atoms with van der Waals surface area (Å²) in [4.78, 5) is 11.5. The van der Waals surface area contributed by atoms with Crippen LogP contribution >= 0.6 is 15.9 Å². The maximum Gasteiger partial charge on any atom is 0.236 e. The predicted octanol–water partition coefficient (Wildman–Crippen LogP) is 2.08. The smallest absolute Gasteiger partial charge is 0.236 e. The van der Waals surface area contributed by atoms with E-state index < -0.39 is 4.32 Å². The first-order valence-electron chi connectivity index (χ1n) is 4.35. The van der Waals surface area contributed by atoms with Crippen LogP contribution < -0.4 is 5.32 Å². The van der Waals surface area contributed by atoms with Crippen LogP contribution in [0.15, 0.2) is 0 Å². The summed E-state index contributed by atoms with van der Waals surface area (Å²) in [5.41, 5.74) is 0. The van der Waals surface area contributed by atoms with E-state index in [4.69, 9.17) is 6.42 Å². The highest BCUT2D eigenvalue weighted by atomic mass is 79.9. The van der Waals surface area contributed by atoms with Crippen molar-refractivity contribution in [2.45, 2.75) is 44.0 Å². The van der Waals surface area contributed by atoms with E-state index in [1.54, 1.807) is 0 Å². The van der Waals surface area contributed by atoms with E-state index in [9.17, 15) is 4.79 Å². The molecule has 74 valence electrons. The summed E-state index contributed by atoms with van der Waals surface area (Å²) < 4.78 is -0.519. The molecule has 0 aromatic rings. The monoisotopic (exact) mass is 245 g/mol. The summed E-state index contributed by atoms with van der Waals surface area (Å²) in [6, 6.07) is 0.0920. The van der Waals surface area contributed by atoms with Crippen molar-refractivity contribution in [2.75, 3.05) is 0 Å². The molecule has 1 amide bonds. The molecule has 1 unspecified atom stereocenters. The van der Waals surface area contributed by atoms with Gasteiger partial charge in [-0.2, -0.15) is 0 Å². The van der Waals surface area contributed by atoms with Gasteiger partial charge in [-0.15, -0.1) is 12.3 Å². The van der Waals surface area contributed by atoms with Crippen molar-refractivity contribution >= 4 is 21.8 Å². The maximum absolute atomic E-state index is 11.5. The van der Waals surface area contributed by atoms with Gasteiger partial charge in [0.15, 0.2) is 0 Å². The number of carbonyl (C=O) groups is 1. The van der Waals surface area contributed by atoms with Crippen LogP contribution in [0.3, 0.4) is 0 Å². The van der Waals surface area contributed by atoms with E-state index in [-0.39, 0.29) is 11.9 Å². The normalized spacial score (nSPS) is 13.2. The van der Waals surface area contributed by atoms with Gasteiger partial charge in [0.05, 0.1) is 4.32 Å². The van der Waals surface area contributed by atoms with E-state index >= 15 is 0 Å². The highest BCUT2D eigenvalue weighted by molar-refractivity contribution is 9.10. The summed E-state index contributed by atoms with van der Waals surface area (Å²) in [6.45, 7) is 5.62. The summed E-state index contributed by atoms with van der Waals surface area (Å²) in [5.74, 6) is 2.53. The van der Waals surface area contributed by atoms with Gasteiger partial charge in [0.1, 0.15) is 0 Å². The molecule has 0 heterocycles. The van der Waals surface area contributed by atoms with Gasteiger partial charge in [-0.25, -0.2) is 0 Å². The number of rotatable bonds is 4. The number of nitrogens with one attached hydrogen (secondary N) is 1. The van der Waals surface area contributed by atoms with Crippen molar-refractivity contribution in [2.24, 2.45) is 0 Å². The summed E-state index contributed by atoms with van der Waals surface area (Å²) in [5, 5.41) is 2.88. The van der Waals surface area contributed by atoms with Crippen molar-refractivity contribution in [1.29, 1.82) is 0 Å². The van der Waals surface area contributed by atoms with E-state index in [2.05, 4.69) is 27.2 Å². The second-order valence-electron chi connectivity index (χ2n) is 3.46. The second kappa shape index (κ2) is 5.29. The zero-order chi connectivity index (χ0) is 10.5. The molecule has 0 spiro atoms. The first kappa shape index (κ1) is 12.5. The third-order valence-electron chi connectivity index (χ3n) is 1.73. The Morgan fingerprint density at radius 3 is 2.54 bits per heavy atom. The average Bonchev–Trinajstić information content (AvgIpc) is 2.01. The third-order valence-corrected chi connectivity index (χ3v) is 2.09. The van der Waals surface area contributed by atoms with Gasteiger partial charge in [-0.05, 0) is 20.3 Å². The molecule has 0 aromatic carbocycles. The quantitative estimate of drug-likeness (QED) is 0.597. The molecule has 1 N–H and O–H groups in total. The van der Waals surface area contributed by atoms with Gasteiger partial charge in [0.25, 0.3) is 0 Å². The van der Waals surface area contributed by atoms with Gasteiger partial charge in [0, 0.05) is 12.5 Å². The lowest BCUT2D eigenvalue weighted by molar-refractivity contribution is -0.123. The Hall–Kier alpha value is -0.490. The fourth-order valence-corrected chi connectivity index (χ4v) is 0.911. The third kappa shape index (κ3) is 4.94. The molecule has 0 aliphatic carbocycles. The van der Waals surface area contributed by atoms with E-state index in [0.29, 0.717) is 6.42 Å². The SMILES string of the molecule is C#CCC(CC)NC(=O)C(C)(C)Br. The lowest BCUT2D eigenvalue weighted by Crippen LogP contribution is -2.43. The number of terminal acetylenes is 1. The minimum absolute atomic E-state index is 0.0189. The highest BCUT2D eigenvalue weighted by Gasteiger charge is 2.24. The van der Waals surface area contributed by atoms with Crippen molar-refractivity contribution < 1.29 is 4.79 Å². The number of alkyl halides is 1. The van der Waals surface area contributed by atoms with E-state index in [1.165, 1.54) is 0 Å². The Bertz CT molecular complexity index is 212. The number of amides is 1.